The lowest BCUT2D eigenvalue weighted by Gasteiger charge is -2.10. The number of hydrogen-bond donors (Lipinski definition) is 1. The lowest BCUT2D eigenvalue weighted by molar-refractivity contribution is -0.118. The Morgan fingerprint density at radius 1 is 1.56 bits per heavy atom. The number of benzene rings is 1. The molecule has 0 fully saturated rings. The Kier molecular flexibility index (Phi) is 5.09. The van der Waals surface area contributed by atoms with E-state index in [1.807, 2.05) is 6.07 Å². The molecular weight excluding hydrogens is 293 g/mol. The fraction of sp³-hybridized carbons (Fsp3) is 0.364. The number of halogens is 2. The summed E-state index contributed by atoms with van der Waals surface area (Å²) in [5.74, 6) is 0.668. The van der Waals surface area contributed by atoms with Crippen molar-refractivity contribution in [2.45, 2.75) is 6.92 Å². The molecule has 16 heavy (non-hydrogen) atoms. The highest BCUT2D eigenvalue weighted by molar-refractivity contribution is 9.10. The van der Waals surface area contributed by atoms with Gasteiger partial charge in [-0.3, -0.25) is 4.79 Å². The molecular formula is C11H13BrClNO2. The van der Waals surface area contributed by atoms with Crippen LogP contribution in [0.25, 0.3) is 0 Å². The molecule has 3 nitrogen and oxygen atoms in total. The van der Waals surface area contributed by atoms with Gasteiger partial charge in [0, 0.05) is 28.0 Å². The Bertz CT molecular complexity index is 384. The van der Waals surface area contributed by atoms with Gasteiger partial charge < -0.3 is 10.1 Å². The summed E-state index contributed by atoms with van der Waals surface area (Å²) in [6, 6.07) is 5.38. The first-order chi connectivity index (χ1) is 7.56. The molecule has 0 radical (unpaired) electrons. The number of carbonyl (C=O) groups is 1. The number of hydrogen-bond acceptors (Lipinski definition) is 2. The number of methoxy groups -OCH3 is 1. The van der Waals surface area contributed by atoms with E-state index in [9.17, 15) is 4.79 Å². The summed E-state index contributed by atoms with van der Waals surface area (Å²) in [5.41, 5.74) is 0.688. The van der Waals surface area contributed by atoms with Gasteiger partial charge in [-0.15, -0.1) is 11.6 Å². The number of rotatable bonds is 4. The minimum Gasteiger partial charge on any atom is -0.497 e. The molecule has 0 heterocycles. The molecule has 5 heteroatoms. The Morgan fingerprint density at radius 3 is 2.81 bits per heavy atom. The SMILES string of the molecule is COc1cc(Br)cc(NC(=O)C(C)CCl)c1. The van der Waals surface area contributed by atoms with Gasteiger partial charge in [-0.2, -0.15) is 0 Å². The number of amides is 1. The summed E-state index contributed by atoms with van der Waals surface area (Å²) >= 11 is 8.95. The summed E-state index contributed by atoms with van der Waals surface area (Å²) < 4.78 is 5.94. The second-order valence-corrected chi connectivity index (χ2v) is 4.65. The van der Waals surface area contributed by atoms with Gasteiger partial charge in [0.1, 0.15) is 5.75 Å². The van der Waals surface area contributed by atoms with Gasteiger partial charge in [-0.25, -0.2) is 0 Å². The molecule has 0 aromatic heterocycles. The molecule has 1 N–H and O–H groups in total. The normalized spacial score (nSPS) is 12.0. The van der Waals surface area contributed by atoms with Gasteiger partial charge in [-0.1, -0.05) is 22.9 Å². The Balaban J connectivity index is 2.81. The largest absolute Gasteiger partial charge is 0.497 e. The van der Waals surface area contributed by atoms with E-state index >= 15 is 0 Å². The van der Waals surface area contributed by atoms with E-state index in [1.165, 1.54) is 0 Å². The fourth-order valence-corrected chi connectivity index (χ4v) is 1.70. The van der Waals surface area contributed by atoms with Crippen LogP contribution >= 0.6 is 27.5 Å². The molecule has 0 aliphatic rings. The third-order valence-electron chi connectivity index (χ3n) is 2.05. The molecule has 0 aliphatic carbocycles. The van der Waals surface area contributed by atoms with Gasteiger partial charge >= 0.3 is 0 Å². The lowest BCUT2D eigenvalue weighted by Crippen LogP contribution is -2.21. The first-order valence-electron chi connectivity index (χ1n) is 4.78. The minimum atomic E-state index is -0.216. The zero-order valence-electron chi connectivity index (χ0n) is 9.09. The predicted octanol–water partition coefficient (Wildman–Crippen LogP) is 3.27. The highest BCUT2D eigenvalue weighted by Crippen LogP contribution is 2.24. The topological polar surface area (TPSA) is 38.3 Å². The lowest BCUT2D eigenvalue weighted by atomic mass is 10.2. The first-order valence-corrected chi connectivity index (χ1v) is 6.11. The first kappa shape index (κ1) is 13.3. The molecule has 1 aromatic rings. The summed E-state index contributed by atoms with van der Waals surface area (Å²) in [6.07, 6.45) is 0. The van der Waals surface area contributed by atoms with E-state index in [2.05, 4.69) is 21.2 Å². The zero-order chi connectivity index (χ0) is 12.1. The van der Waals surface area contributed by atoms with Crippen molar-refractivity contribution in [3.05, 3.63) is 22.7 Å². The molecule has 0 spiro atoms. The standard InChI is InChI=1S/C11H13BrClNO2/c1-7(6-13)11(15)14-9-3-8(12)4-10(5-9)16-2/h3-5,7H,6H2,1-2H3,(H,14,15). The smallest absolute Gasteiger partial charge is 0.228 e. The molecule has 1 unspecified atom stereocenters. The average molecular weight is 307 g/mol. The van der Waals surface area contributed by atoms with Crippen molar-refractivity contribution >= 4 is 39.1 Å². The maximum atomic E-state index is 11.6. The molecule has 1 atom stereocenters. The second kappa shape index (κ2) is 6.11. The van der Waals surface area contributed by atoms with E-state index in [0.29, 0.717) is 17.3 Å². The van der Waals surface area contributed by atoms with Crippen LogP contribution in [0.5, 0.6) is 5.75 Å². The van der Waals surface area contributed by atoms with E-state index < -0.39 is 0 Å². The van der Waals surface area contributed by atoms with Crippen molar-refractivity contribution in [3.63, 3.8) is 0 Å². The molecule has 0 aliphatic heterocycles. The van der Waals surface area contributed by atoms with E-state index in [1.54, 1.807) is 26.2 Å². The fourth-order valence-electron chi connectivity index (χ4n) is 1.09. The van der Waals surface area contributed by atoms with Gasteiger partial charge in [-0.05, 0) is 12.1 Å². The number of alkyl halides is 1. The van der Waals surface area contributed by atoms with Crippen LogP contribution in [0.2, 0.25) is 0 Å². The zero-order valence-corrected chi connectivity index (χ0v) is 11.4. The van der Waals surface area contributed by atoms with Crippen molar-refractivity contribution in [3.8, 4) is 5.75 Å². The van der Waals surface area contributed by atoms with Crippen LogP contribution in [0.1, 0.15) is 6.92 Å². The molecule has 1 rings (SSSR count). The van der Waals surface area contributed by atoms with Crippen LogP contribution in [0.3, 0.4) is 0 Å². The van der Waals surface area contributed by atoms with E-state index in [-0.39, 0.29) is 11.8 Å². The maximum absolute atomic E-state index is 11.6. The van der Waals surface area contributed by atoms with Gasteiger partial charge in [0.15, 0.2) is 0 Å². The summed E-state index contributed by atoms with van der Waals surface area (Å²) in [5, 5.41) is 2.77. The quantitative estimate of drug-likeness (QED) is 0.867. The van der Waals surface area contributed by atoms with Crippen LogP contribution in [0.15, 0.2) is 22.7 Å². The molecule has 88 valence electrons. The van der Waals surface area contributed by atoms with Crippen LogP contribution in [0, 0.1) is 5.92 Å². The molecule has 0 saturated carbocycles. The van der Waals surface area contributed by atoms with Crippen LogP contribution < -0.4 is 10.1 Å². The average Bonchev–Trinajstić information content (AvgIpc) is 2.26. The van der Waals surface area contributed by atoms with Gasteiger partial charge in [0.25, 0.3) is 0 Å². The van der Waals surface area contributed by atoms with E-state index in [4.69, 9.17) is 16.3 Å². The number of anilines is 1. The third kappa shape index (κ3) is 3.68. The number of nitrogens with one attached hydrogen (secondary N) is 1. The Morgan fingerprint density at radius 2 is 2.25 bits per heavy atom. The highest BCUT2D eigenvalue weighted by Gasteiger charge is 2.12. The van der Waals surface area contributed by atoms with Crippen molar-refractivity contribution in [2.75, 3.05) is 18.3 Å². The summed E-state index contributed by atoms with van der Waals surface area (Å²) in [6.45, 7) is 1.78. The maximum Gasteiger partial charge on any atom is 0.228 e. The molecule has 1 amide bonds. The Hall–Kier alpha value is -0.740. The van der Waals surface area contributed by atoms with E-state index in [0.717, 1.165) is 4.47 Å². The molecule has 0 saturated heterocycles. The molecule has 0 bridgehead atoms. The van der Waals surface area contributed by atoms with Crippen molar-refractivity contribution in [1.82, 2.24) is 0 Å². The van der Waals surface area contributed by atoms with Crippen LogP contribution in [-0.4, -0.2) is 18.9 Å². The Labute approximate surface area is 108 Å². The van der Waals surface area contributed by atoms with Crippen molar-refractivity contribution < 1.29 is 9.53 Å². The predicted molar refractivity (Wildman–Crippen MR) is 69.2 cm³/mol. The second-order valence-electron chi connectivity index (χ2n) is 3.42. The van der Waals surface area contributed by atoms with Crippen LogP contribution in [-0.2, 0) is 4.79 Å². The van der Waals surface area contributed by atoms with Crippen LogP contribution in [0.4, 0.5) is 5.69 Å². The van der Waals surface area contributed by atoms with Gasteiger partial charge in [0.05, 0.1) is 7.11 Å². The van der Waals surface area contributed by atoms with Crippen molar-refractivity contribution in [2.24, 2.45) is 5.92 Å². The summed E-state index contributed by atoms with van der Waals surface area (Å²) in [4.78, 5) is 11.6. The van der Waals surface area contributed by atoms with Crippen molar-refractivity contribution in [1.29, 1.82) is 0 Å². The highest BCUT2D eigenvalue weighted by atomic mass is 79.9. The van der Waals surface area contributed by atoms with Gasteiger partial charge in [0.2, 0.25) is 5.91 Å². The monoisotopic (exact) mass is 305 g/mol. The minimum absolute atomic E-state index is 0.102. The molecule has 1 aromatic carbocycles. The third-order valence-corrected chi connectivity index (χ3v) is 2.97. The number of carbonyl (C=O) groups excluding carboxylic acids is 1. The summed E-state index contributed by atoms with van der Waals surface area (Å²) in [7, 11) is 1.58. The number of ether oxygens (including phenoxy) is 1.